The van der Waals surface area contributed by atoms with Crippen LogP contribution in [0.5, 0.6) is 5.88 Å². The maximum Gasteiger partial charge on any atom is 0.224 e. The number of rotatable bonds is 0. The van der Waals surface area contributed by atoms with Gasteiger partial charge in [-0.15, -0.1) is 0 Å². The summed E-state index contributed by atoms with van der Waals surface area (Å²) in [6, 6.07) is 3.30. The lowest BCUT2D eigenvalue weighted by Gasteiger charge is -2.27. The summed E-state index contributed by atoms with van der Waals surface area (Å²) < 4.78 is 21.4. The standard InChI is InChI=1S/C19H19FN6O2/c20-12-9-13-15-3-1-6-25(15)16-5-7-26-18(24-16)14(11-22-26)23-17(27)4-2-8-28-19(13)21-10-12/h5,7,9-11,15H,1-4,6,8H2,(H,23,27). The van der Waals surface area contributed by atoms with E-state index in [9.17, 15) is 9.18 Å². The van der Waals surface area contributed by atoms with Crippen LogP contribution in [0.3, 0.4) is 0 Å². The van der Waals surface area contributed by atoms with E-state index in [0.29, 0.717) is 36.7 Å². The maximum atomic E-state index is 14.0. The van der Waals surface area contributed by atoms with E-state index in [-0.39, 0.29) is 11.9 Å². The smallest absolute Gasteiger partial charge is 0.224 e. The zero-order valence-corrected chi connectivity index (χ0v) is 15.1. The van der Waals surface area contributed by atoms with Crippen molar-refractivity contribution in [3.63, 3.8) is 0 Å². The van der Waals surface area contributed by atoms with E-state index in [1.807, 2.05) is 12.3 Å². The van der Waals surface area contributed by atoms with Crippen molar-refractivity contribution < 1.29 is 13.9 Å². The number of amides is 1. The average Bonchev–Trinajstić information content (AvgIpc) is 3.32. The summed E-state index contributed by atoms with van der Waals surface area (Å²) in [5, 5.41) is 7.13. The van der Waals surface area contributed by atoms with Crippen LogP contribution in [0.4, 0.5) is 15.9 Å². The van der Waals surface area contributed by atoms with Crippen molar-refractivity contribution in [2.45, 2.75) is 31.7 Å². The summed E-state index contributed by atoms with van der Waals surface area (Å²) in [7, 11) is 0. The fraction of sp³-hybridized carbons (Fsp3) is 0.368. The first-order valence-electron chi connectivity index (χ1n) is 9.38. The fourth-order valence-electron chi connectivity index (χ4n) is 3.89. The minimum Gasteiger partial charge on any atom is -0.477 e. The van der Waals surface area contributed by atoms with Gasteiger partial charge in [-0.05, 0) is 31.4 Å². The number of fused-ring (bicyclic) bond motifs is 5. The first kappa shape index (κ1) is 16.9. The van der Waals surface area contributed by atoms with Crippen molar-refractivity contribution in [1.29, 1.82) is 0 Å². The number of halogens is 1. The normalized spacial score (nSPS) is 19.7. The molecule has 0 spiro atoms. The Bertz CT molecular complexity index is 1050. The molecule has 1 unspecified atom stereocenters. The van der Waals surface area contributed by atoms with E-state index in [1.54, 1.807) is 10.7 Å². The van der Waals surface area contributed by atoms with Crippen LogP contribution in [0.25, 0.3) is 5.65 Å². The highest BCUT2D eigenvalue weighted by atomic mass is 19.1. The maximum absolute atomic E-state index is 14.0. The summed E-state index contributed by atoms with van der Waals surface area (Å²) in [5.41, 5.74) is 1.88. The molecular weight excluding hydrogens is 363 g/mol. The number of pyridine rings is 1. The van der Waals surface area contributed by atoms with Crippen LogP contribution >= 0.6 is 0 Å². The third-order valence-corrected chi connectivity index (χ3v) is 5.17. The predicted octanol–water partition coefficient (Wildman–Crippen LogP) is 2.72. The van der Waals surface area contributed by atoms with Gasteiger partial charge in [0.25, 0.3) is 0 Å². The van der Waals surface area contributed by atoms with Gasteiger partial charge in [0, 0.05) is 24.7 Å². The van der Waals surface area contributed by atoms with Crippen LogP contribution in [-0.4, -0.2) is 38.6 Å². The van der Waals surface area contributed by atoms with Gasteiger partial charge >= 0.3 is 0 Å². The number of nitrogens with zero attached hydrogens (tertiary/aromatic N) is 5. The lowest BCUT2D eigenvalue weighted by molar-refractivity contribution is -0.116. The quantitative estimate of drug-likeness (QED) is 0.644. The lowest BCUT2D eigenvalue weighted by Crippen LogP contribution is -2.25. The monoisotopic (exact) mass is 382 g/mol. The summed E-state index contributed by atoms with van der Waals surface area (Å²) in [5.74, 6) is 0.644. The minimum atomic E-state index is -0.392. The fourth-order valence-corrected chi connectivity index (χ4v) is 3.89. The molecule has 2 bridgehead atoms. The predicted molar refractivity (Wildman–Crippen MR) is 99.9 cm³/mol. The first-order valence-corrected chi connectivity index (χ1v) is 9.38. The third-order valence-electron chi connectivity index (χ3n) is 5.17. The zero-order chi connectivity index (χ0) is 19.1. The number of carbonyl (C=O) groups is 1. The van der Waals surface area contributed by atoms with Crippen molar-refractivity contribution in [3.8, 4) is 5.88 Å². The Morgan fingerprint density at radius 2 is 2.21 bits per heavy atom. The largest absolute Gasteiger partial charge is 0.477 e. The number of carbonyl (C=O) groups excluding carboxylic acids is 1. The molecule has 0 aliphatic carbocycles. The number of hydrogen-bond acceptors (Lipinski definition) is 6. The highest BCUT2D eigenvalue weighted by Crippen LogP contribution is 2.39. The molecule has 9 heteroatoms. The second-order valence-electron chi connectivity index (χ2n) is 7.01. The van der Waals surface area contributed by atoms with Gasteiger partial charge in [0.15, 0.2) is 5.65 Å². The van der Waals surface area contributed by atoms with E-state index >= 15 is 0 Å². The summed E-state index contributed by atoms with van der Waals surface area (Å²) in [6.45, 7) is 1.12. The van der Waals surface area contributed by atoms with Crippen LogP contribution in [0, 0.1) is 5.82 Å². The first-order chi connectivity index (χ1) is 13.7. The van der Waals surface area contributed by atoms with E-state index in [4.69, 9.17) is 9.72 Å². The molecule has 2 aliphatic heterocycles. The van der Waals surface area contributed by atoms with Crippen molar-refractivity contribution in [3.05, 3.63) is 42.1 Å². The van der Waals surface area contributed by atoms with Crippen molar-refractivity contribution in [2.75, 3.05) is 23.4 Å². The van der Waals surface area contributed by atoms with Crippen molar-refractivity contribution >= 4 is 23.1 Å². The summed E-state index contributed by atoms with van der Waals surface area (Å²) in [6.07, 6.45) is 7.21. The molecule has 8 nitrogen and oxygen atoms in total. The number of nitrogens with one attached hydrogen (secondary N) is 1. The SMILES string of the molecule is O=C1CCCOc2ncc(F)cc2C2CCCN2c2ccn3ncc(c3n2)N1. The molecule has 1 atom stereocenters. The molecule has 2 aliphatic rings. The molecular formula is C19H19FN6O2. The number of ether oxygens (including phenoxy) is 1. The molecule has 3 aromatic rings. The Morgan fingerprint density at radius 1 is 1.29 bits per heavy atom. The van der Waals surface area contributed by atoms with Gasteiger partial charge in [0.2, 0.25) is 11.8 Å². The van der Waals surface area contributed by atoms with E-state index < -0.39 is 5.82 Å². The summed E-state index contributed by atoms with van der Waals surface area (Å²) >= 11 is 0. The molecule has 1 amide bonds. The van der Waals surface area contributed by atoms with E-state index in [1.165, 1.54) is 6.07 Å². The molecule has 1 saturated heterocycles. The molecule has 0 saturated carbocycles. The average molecular weight is 382 g/mol. The minimum absolute atomic E-state index is 0.0722. The van der Waals surface area contributed by atoms with Crippen LogP contribution in [0.1, 0.15) is 37.3 Å². The van der Waals surface area contributed by atoms with Gasteiger partial charge in [-0.1, -0.05) is 0 Å². The van der Waals surface area contributed by atoms with Gasteiger partial charge < -0.3 is 15.0 Å². The molecule has 3 aromatic heterocycles. The molecule has 1 N–H and O–H groups in total. The molecule has 0 radical (unpaired) electrons. The second kappa shape index (κ2) is 6.74. The van der Waals surface area contributed by atoms with Crippen molar-refractivity contribution in [2.24, 2.45) is 0 Å². The lowest BCUT2D eigenvalue weighted by atomic mass is 10.1. The van der Waals surface area contributed by atoms with Gasteiger partial charge in [-0.3, -0.25) is 4.79 Å². The Hall–Kier alpha value is -3.23. The number of anilines is 2. The summed E-state index contributed by atoms with van der Waals surface area (Å²) in [4.78, 5) is 23.3. The molecule has 5 rings (SSSR count). The Morgan fingerprint density at radius 3 is 3.14 bits per heavy atom. The highest BCUT2D eigenvalue weighted by Gasteiger charge is 2.31. The Labute approximate surface area is 160 Å². The number of hydrogen-bond donors (Lipinski definition) is 1. The second-order valence-corrected chi connectivity index (χ2v) is 7.01. The zero-order valence-electron chi connectivity index (χ0n) is 15.1. The van der Waals surface area contributed by atoms with Crippen LogP contribution < -0.4 is 15.0 Å². The molecule has 144 valence electrons. The van der Waals surface area contributed by atoms with Crippen molar-refractivity contribution in [1.82, 2.24) is 19.6 Å². The van der Waals surface area contributed by atoms with Crippen LogP contribution in [0.2, 0.25) is 0 Å². The van der Waals surface area contributed by atoms with Crippen LogP contribution in [-0.2, 0) is 4.79 Å². The topological polar surface area (TPSA) is 84.7 Å². The molecule has 0 aromatic carbocycles. The number of aromatic nitrogens is 4. The van der Waals surface area contributed by atoms with Gasteiger partial charge in [-0.2, -0.15) is 5.10 Å². The van der Waals surface area contributed by atoms with Gasteiger partial charge in [0.05, 0.1) is 25.0 Å². The van der Waals surface area contributed by atoms with E-state index in [2.05, 4.69) is 20.3 Å². The van der Waals surface area contributed by atoms with Gasteiger partial charge in [-0.25, -0.2) is 18.9 Å². The molecule has 28 heavy (non-hydrogen) atoms. The Balaban J connectivity index is 1.64. The van der Waals surface area contributed by atoms with E-state index in [0.717, 1.165) is 37.0 Å². The molecule has 5 heterocycles. The van der Waals surface area contributed by atoms with Crippen LogP contribution in [0.15, 0.2) is 30.7 Å². The van der Waals surface area contributed by atoms with Gasteiger partial charge in [0.1, 0.15) is 17.3 Å². The third kappa shape index (κ3) is 2.92. The highest BCUT2D eigenvalue weighted by molar-refractivity contribution is 5.94. The molecule has 1 fully saturated rings. The Kier molecular flexibility index (Phi) is 4.07.